The molecule has 6 heteroatoms. The summed E-state index contributed by atoms with van der Waals surface area (Å²) in [7, 11) is 0. The molecule has 3 aromatic rings. The number of aromatic amines is 1. The zero-order valence-corrected chi connectivity index (χ0v) is 13.7. The fourth-order valence-corrected chi connectivity index (χ4v) is 3.06. The van der Waals surface area contributed by atoms with E-state index in [4.69, 9.17) is 4.74 Å². The Kier molecular flexibility index (Phi) is 4.11. The number of aromatic nitrogens is 2. The second-order valence-electron chi connectivity index (χ2n) is 6.13. The van der Waals surface area contributed by atoms with Gasteiger partial charge in [-0.3, -0.25) is 4.79 Å². The number of fused-ring (bicyclic) bond motifs is 2. The van der Waals surface area contributed by atoms with E-state index in [2.05, 4.69) is 9.97 Å². The molecule has 2 heterocycles. The summed E-state index contributed by atoms with van der Waals surface area (Å²) in [5.41, 5.74) is 2.61. The first-order chi connectivity index (χ1) is 12.2. The zero-order chi connectivity index (χ0) is 17.2. The highest BCUT2D eigenvalue weighted by Crippen LogP contribution is 2.24. The van der Waals surface area contributed by atoms with E-state index < -0.39 is 6.10 Å². The molecule has 0 saturated carbocycles. The molecule has 0 aliphatic carbocycles. The van der Waals surface area contributed by atoms with Gasteiger partial charge in [0.15, 0.2) is 0 Å². The number of ether oxygens (including phenoxy) is 1. The van der Waals surface area contributed by atoms with E-state index in [0.717, 1.165) is 22.3 Å². The Morgan fingerprint density at radius 3 is 2.92 bits per heavy atom. The molecule has 1 aliphatic heterocycles. The molecular weight excluding hydrogens is 318 g/mol. The largest absolute Gasteiger partial charge is 0.491 e. The number of hydrogen-bond donors (Lipinski definition) is 2. The second-order valence-corrected chi connectivity index (χ2v) is 6.13. The number of carbonyl (C=O) groups is 1. The topological polar surface area (TPSA) is 78.4 Å². The van der Waals surface area contributed by atoms with Crippen molar-refractivity contribution in [2.24, 2.45) is 0 Å². The van der Waals surface area contributed by atoms with Crippen molar-refractivity contribution in [1.82, 2.24) is 14.9 Å². The van der Waals surface area contributed by atoms with Crippen molar-refractivity contribution in [2.75, 3.05) is 13.2 Å². The Labute approximate surface area is 145 Å². The minimum absolute atomic E-state index is 0.0119. The van der Waals surface area contributed by atoms with Crippen molar-refractivity contribution in [3.63, 3.8) is 0 Å². The first-order valence-electron chi connectivity index (χ1n) is 8.32. The third kappa shape index (κ3) is 3.21. The summed E-state index contributed by atoms with van der Waals surface area (Å²) in [4.78, 5) is 21.8. The van der Waals surface area contributed by atoms with Crippen LogP contribution in [0.15, 0.2) is 48.5 Å². The van der Waals surface area contributed by atoms with Crippen molar-refractivity contribution in [3.8, 4) is 5.75 Å². The van der Waals surface area contributed by atoms with Gasteiger partial charge in [0.1, 0.15) is 24.3 Å². The molecule has 0 fully saturated rings. The smallest absolute Gasteiger partial charge is 0.226 e. The lowest BCUT2D eigenvalue weighted by Gasteiger charge is -2.21. The number of hydrogen-bond acceptors (Lipinski definition) is 4. The average Bonchev–Trinajstić information content (AvgIpc) is 2.94. The van der Waals surface area contributed by atoms with E-state index in [-0.39, 0.29) is 12.3 Å². The third-order valence-electron chi connectivity index (χ3n) is 4.40. The van der Waals surface area contributed by atoms with E-state index >= 15 is 0 Å². The van der Waals surface area contributed by atoms with Gasteiger partial charge in [-0.1, -0.05) is 30.3 Å². The fraction of sp³-hybridized carbons (Fsp3) is 0.263. The van der Waals surface area contributed by atoms with Crippen LogP contribution in [-0.4, -0.2) is 39.0 Å². The molecule has 1 atom stereocenters. The highest BCUT2D eigenvalue weighted by molar-refractivity contribution is 5.78. The van der Waals surface area contributed by atoms with Gasteiger partial charge in [0.2, 0.25) is 5.91 Å². The fourth-order valence-electron chi connectivity index (χ4n) is 3.06. The number of amides is 1. The molecule has 4 rings (SSSR count). The van der Waals surface area contributed by atoms with Gasteiger partial charge in [0.25, 0.3) is 0 Å². The van der Waals surface area contributed by atoms with Gasteiger partial charge < -0.3 is 19.7 Å². The zero-order valence-electron chi connectivity index (χ0n) is 13.7. The average molecular weight is 337 g/mol. The quantitative estimate of drug-likeness (QED) is 0.769. The third-order valence-corrected chi connectivity index (χ3v) is 4.40. The van der Waals surface area contributed by atoms with Crippen LogP contribution in [0, 0.1) is 0 Å². The molecule has 0 spiro atoms. The molecule has 0 radical (unpaired) electrons. The summed E-state index contributed by atoms with van der Waals surface area (Å²) in [6.07, 6.45) is -0.971. The summed E-state index contributed by atoms with van der Waals surface area (Å²) in [6, 6.07) is 15.3. The molecule has 2 aromatic carbocycles. The predicted molar refractivity (Wildman–Crippen MR) is 93.0 cm³/mol. The summed E-state index contributed by atoms with van der Waals surface area (Å²) in [6.45, 7) is 1.44. The number of aliphatic hydroxyl groups excluding tert-OH is 1. The lowest BCUT2D eigenvalue weighted by Crippen LogP contribution is -2.33. The van der Waals surface area contributed by atoms with Gasteiger partial charge in [-0.2, -0.15) is 0 Å². The van der Waals surface area contributed by atoms with Crippen LogP contribution in [0.4, 0.5) is 0 Å². The Balaban J connectivity index is 1.47. The molecule has 2 N–H and O–H groups in total. The van der Waals surface area contributed by atoms with Crippen LogP contribution in [0.25, 0.3) is 11.0 Å². The summed E-state index contributed by atoms with van der Waals surface area (Å²) in [5.74, 6) is 1.12. The van der Waals surface area contributed by atoms with Gasteiger partial charge in [0, 0.05) is 12.1 Å². The van der Waals surface area contributed by atoms with Gasteiger partial charge in [-0.25, -0.2) is 4.98 Å². The molecule has 128 valence electrons. The molecule has 1 amide bonds. The molecule has 25 heavy (non-hydrogen) atoms. The first kappa shape index (κ1) is 15.7. The van der Waals surface area contributed by atoms with Crippen molar-refractivity contribution in [1.29, 1.82) is 0 Å². The minimum Gasteiger partial charge on any atom is -0.491 e. The van der Waals surface area contributed by atoms with Crippen molar-refractivity contribution >= 4 is 16.9 Å². The number of H-pyrrole nitrogens is 1. The number of aliphatic hydroxyl groups is 1. The van der Waals surface area contributed by atoms with Crippen LogP contribution in [0.2, 0.25) is 0 Å². The normalized spacial score (nSPS) is 15.3. The van der Waals surface area contributed by atoms with Crippen molar-refractivity contribution in [3.05, 3.63) is 59.9 Å². The van der Waals surface area contributed by atoms with E-state index in [1.807, 2.05) is 48.5 Å². The number of rotatable bonds is 3. The van der Waals surface area contributed by atoms with E-state index in [0.29, 0.717) is 25.5 Å². The molecule has 1 aliphatic rings. The molecule has 0 bridgehead atoms. The summed E-state index contributed by atoms with van der Waals surface area (Å²) >= 11 is 0. The lowest BCUT2D eigenvalue weighted by atomic mass is 10.1. The number of benzene rings is 2. The number of nitrogens with zero attached hydrogens (tertiary/aromatic N) is 2. The molecular formula is C19H19N3O3. The molecule has 6 nitrogen and oxygen atoms in total. The van der Waals surface area contributed by atoms with E-state index in [1.165, 1.54) is 0 Å². The van der Waals surface area contributed by atoms with Crippen LogP contribution in [0.3, 0.4) is 0 Å². The highest BCUT2D eigenvalue weighted by atomic mass is 16.5. The van der Waals surface area contributed by atoms with E-state index in [9.17, 15) is 9.90 Å². The maximum absolute atomic E-state index is 12.6. The molecule has 1 unspecified atom stereocenters. The first-order valence-corrected chi connectivity index (χ1v) is 8.32. The van der Waals surface area contributed by atoms with E-state index in [1.54, 1.807) is 4.90 Å². The van der Waals surface area contributed by atoms with Crippen LogP contribution in [0.1, 0.15) is 23.9 Å². The Morgan fingerprint density at radius 2 is 2.04 bits per heavy atom. The Bertz CT molecular complexity index is 873. The van der Waals surface area contributed by atoms with Crippen LogP contribution < -0.4 is 4.74 Å². The second kappa shape index (κ2) is 6.57. The minimum atomic E-state index is -0.959. The Hall–Kier alpha value is -2.86. The van der Waals surface area contributed by atoms with Gasteiger partial charge in [0.05, 0.1) is 24.0 Å². The number of carbonyl (C=O) groups excluding carboxylic acids is 1. The molecule has 1 aromatic heterocycles. The number of para-hydroxylation sites is 3. The lowest BCUT2D eigenvalue weighted by molar-refractivity contribution is -0.134. The van der Waals surface area contributed by atoms with Crippen LogP contribution >= 0.6 is 0 Å². The Morgan fingerprint density at radius 1 is 1.24 bits per heavy atom. The summed E-state index contributed by atoms with van der Waals surface area (Å²) < 4.78 is 5.68. The number of imidazole rings is 1. The molecule has 0 saturated heterocycles. The summed E-state index contributed by atoms with van der Waals surface area (Å²) in [5, 5.41) is 10.4. The van der Waals surface area contributed by atoms with Crippen molar-refractivity contribution < 1.29 is 14.6 Å². The maximum atomic E-state index is 12.6. The van der Waals surface area contributed by atoms with Crippen molar-refractivity contribution in [2.45, 2.75) is 19.1 Å². The SMILES string of the molecule is O=C(CC(O)c1nc2ccccc2[nH]1)N1CCOc2ccccc2C1. The van der Waals surface area contributed by atoms with Gasteiger partial charge in [-0.05, 0) is 18.2 Å². The highest BCUT2D eigenvalue weighted by Gasteiger charge is 2.23. The number of nitrogens with one attached hydrogen (secondary N) is 1. The monoisotopic (exact) mass is 337 g/mol. The van der Waals surface area contributed by atoms with Gasteiger partial charge >= 0.3 is 0 Å². The van der Waals surface area contributed by atoms with Crippen LogP contribution in [0.5, 0.6) is 5.75 Å². The standard InChI is InChI=1S/C19H19N3O3/c23-16(19-20-14-6-2-3-7-15(14)21-19)11-18(24)22-9-10-25-17-8-4-1-5-13(17)12-22/h1-8,16,23H,9-12H2,(H,20,21). The predicted octanol–water partition coefficient (Wildman–Crippen LogP) is 2.41. The van der Waals surface area contributed by atoms with Crippen LogP contribution in [-0.2, 0) is 11.3 Å². The maximum Gasteiger partial charge on any atom is 0.226 e. The van der Waals surface area contributed by atoms with Gasteiger partial charge in [-0.15, -0.1) is 0 Å².